The fraction of sp³-hybridized carbons (Fsp3) is 0.692. The van der Waals surface area contributed by atoms with E-state index in [1.54, 1.807) is 4.88 Å². The van der Waals surface area contributed by atoms with Crippen molar-refractivity contribution in [3.05, 3.63) is 21.9 Å². The highest BCUT2D eigenvalue weighted by Gasteiger charge is 2.33. The predicted molar refractivity (Wildman–Crippen MR) is 69.0 cm³/mol. The molecule has 3 heteroatoms. The summed E-state index contributed by atoms with van der Waals surface area (Å²) in [6, 6.07) is 6.05. The van der Waals surface area contributed by atoms with E-state index in [0.717, 1.165) is 12.6 Å². The third-order valence-electron chi connectivity index (χ3n) is 3.90. The number of nitrogens with zero attached hydrogens (tertiary/aromatic N) is 1. The number of nitrogens with one attached hydrogen (secondary N) is 1. The van der Waals surface area contributed by atoms with Gasteiger partial charge in [-0.05, 0) is 51.4 Å². The molecule has 16 heavy (non-hydrogen) atoms. The van der Waals surface area contributed by atoms with E-state index in [4.69, 9.17) is 0 Å². The van der Waals surface area contributed by atoms with Crippen molar-refractivity contribution in [3.63, 3.8) is 0 Å². The van der Waals surface area contributed by atoms with Gasteiger partial charge in [0.15, 0.2) is 0 Å². The molecule has 2 nitrogen and oxygen atoms in total. The topological polar surface area (TPSA) is 15.3 Å². The summed E-state index contributed by atoms with van der Waals surface area (Å²) in [5, 5.41) is 3.60. The quantitative estimate of drug-likeness (QED) is 0.806. The highest BCUT2D eigenvalue weighted by molar-refractivity contribution is 7.12. The normalized spacial score (nSPS) is 31.3. The molecule has 1 N–H and O–H groups in total. The summed E-state index contributed by atoms with van der Waals surface area (Å²) in [5.74, 6) is 0. The zero-order valence-corrected chi connectivity index (χ0v) is 10.7. The molecule has 0 amide bonds. The molecule has 2 aliphatic heterocycles. The number of hydrogen-bond donors (Lipinski definition) is 1. The summed E-state index contributed by atoms with van der Waals surface area (Å²) in [5.41, 5.74) is 0. The van der Waals surface area contributed by atoms with Gasteiger partial charge in [0.05, 0.1) is 6.04 Å². The minimum Gasteiger partial charge on any atom is -0.315 e. The first-order chi connectivity index (χ1) is 7.84. The number of hydrogen-bond acceptors (Lipinski definition) is 3. The van der Waals surface area contributed by atoms with Crippen LogP contribution in [0.25, 0.3) is 0 Å². The van der Waals surface area contributed by atoms with E-state index in [0.29, 0.717) is 6.04 Å². The maximum atomic E-state index is 3.60. The Bertz CT molecular complexity index is 361. The molecule has 0 spiro atoms. The molecular weight excluding hydrogens is 216 g/mol. The van der Waals surface area contributed by atoms with Crippen molar-refractivity contribution in [2.45, 2.75) is 38.3 Å². The smallest absolute Gasteiger partial charge is 0.0569 e. The van der Waals surface area contributed by atoms with E-state index in [2.05, 4.69) is 29.3 Å². The molecule has 0 radical (unpaired) electrons. The van der Waals surface area contributed by atoms with Crippen LogP contribution in [-0.2, 0) is 0 Å². The third-order valence-corrected chi connectivity index (χ3v) is 5.01. The highest BCUT2D eigenvalue weighted by atomic mass is 32.1. The highest BCUT2D eigenvalue weighted by Crippen LogP contribution is 2.34. The van der Waals surface area contributed by atoms with Crippen LogP contribution in [0.15, 0.2) is 12.1 Å². The summed E-state index contributed by atoms with van der Waals surface area (Å²) in [4.78, 5) is 5.74. The van der Waals surface area contributed by atoms with Gasteiger partial charge in [-0.1, -0.05) is 0 Å². The predicted octanol–water partition coefficient (Wildman–Crippen LogP) is 2.56. The van der Waals surface area contributed by atoms with Gasteiger partial charge in [0, 0.05) is 22.3 Å². The van der Waals surface area contributed by atoms with Crippen LogP contribution in [0.4, 0.5) is 0 Å². The Kier molecular flexibility index (Phi) is 3.01. The Morgan fingerprint density at radius 2 is 2.31 bits per heavy atom. The fourth-order valence-electron chi connectivity index (χ4n) is 3.10. The average molecular weight is 236 g/mol. The van der Waals surface area contributed by atoms with Crippen LogP contribution < -0.4 is 5.32 Å². The van der Waals surface area contributed by atoms with Gasteiger partial charge in [-0.3, -0.25) is 4.90 Å². The molecule has 2 fully saturated rings. The summed E-state index contributed by atoms with van der Waals surface area (Å²) in [7, 11) is 0. The van der Waals surface area contributed by atoms with Crippen LogP contribution in [0.3, 0.4) is 0 Å². The zero-order valence-electron chi connectivity index (χ0n) is 9.91. The maximum Gasteiger partial charge on any atom is 0.0569 e. The second-order valence-electron chi connectivity index (χ2n) is 4.99. The molecule has 0 aliphatic carbocycles. The molecule has 0 aromatic carbocycles. The SMILES string of the molecule is Cc1ccc(C2CNCCC3CCCN32)s1. The minimum absolute atomic E-state index is 0.633. The van der Waals surface area contributed by atoms with Crippen molar-refractivity contribution < 1.29 is 0 Å². The van der Waals surface area contributed by atoms with Crippen molar-refractivity contribution in [3.8, 4) is 0 Å². The molecule has 0 saturated carbocycles. The standard InChI is InChI=1S/C13H20N2S/c1-10-4-5-13(16-10)12-9-14-7-6-11-3-2-8-15(11)12/h4-5,11-12,14H,2-3,6-9H2,1H3. The van der Waals surface area contributed by atoms with Crippen LogP contribution in [0.2, 0.25) is 0 Å². The lowest BCUT2D eigenvalue weighted by Crippen LogP contribution is -2.34. The van der Waals surface area contributed by atoms with Crippen LogP contribution in [0.1, 0.15) is 35.1 Å². The molecule has 3 rings (SSSR count). The molecule has 1 aromatic rings. The lowest BCUT2D eigenvalue weighted by molar-refractivity contribution is 0.194. The maximum absolute atomic E-state index is 3.60. The number of aryl methyl sites for hydroxylation is 1. The van der Waals surface area contributed by atoms with Crippen LogP contribution in [-0.4, -0.2) is 30.6 Å². The molecule has 2 aliphatic rings. The van der Waals surface area contributed by atoms with Crippen molar-refractivity contribution in [2.75, 3.05) is 19.6 Å². The van der Waals surface area contributed by atoms with Gasteiger partial charge < -0.3 is 5.32 Å². The van der Waals surface area contributed by atoms with Gasteiger partial charge in [-0.15, -0.1) is 11.3 Å². The molecule has 88 valence electrons. The summed E-state index contributed by atoms with van der Waals surface area (Å²) in [6.07, 6.45) is 4.13. The minimum atomic E-state index is 0.633. The fourth-order valence-corrected chi connectivity index (χ4v) is 4.10. The molecule has 2 unspecified atom stereocenters. The van der Waals surface area contributed by atoms with Crippen molar-refractivity contribution in [1.82, 2.24) is 10.2 Å². The molecule has 3 heterocycles. The van der Waals surface area contributed by atoms with Gasteiger partial charge in [0.2, 0.25) is 0 Å². The van der Waals surface area contributed by atoms with E-state index in [-0.39, 0.29) is 0 Å². The van der Waals surface area contributed by atoms with Gasteiger partial charge in [0.25, 0.3) is 0 Å². The first-order valence-electron chi connectivity index (χ1n) is 6.37. The summed E-state index contributed by atoms with van der Waals surface area (Å²) in [6.45, 7) is 5.84. The van der Waals surface area contributed by atoms with E-state index in [1.165, 1.54) is 37.2 Å². The Balaban J connectivity index is 1.86. The van der Waals surface area contributed by atoms with Gasteiger partial charge in [-0.2, -0.15) is 0 Å². The Morgan fingerprint density at radius 1 is 1.38 bits per heavy atom. The third kappa shape index (κ3) is 1.92. The molecular formula is C13H20N2S. The van der Waals surface area contributed by atoms with Crippen LogP contribution in [0.5, 0.6) is 0 Å². The second-order valence-corrected chi connectivity index (χ2v) is 6.31. The van der Waals surface area contributed by atoms with Crippen LogP contribution >= 0.6 is 11.3 Å². The van der Waals surface area contributed by atoms with Gasteiger partial charge in [-0.25, -0.2) is 0 Å². The zero-order chi connectivity index (χ0) is 11.0. The Morgan fingerprint density at radius 3 is 3.12 bits per heavy atom. The summed E-state index contributed by atoms with van der Waals surface area (Å²) < 4.78 is 0. The van der Waals surface area contributed by atoms with Crippen LogP contribution in [0, 0.1) is 6.92 Å². The van der Waals surface area contributed by atoms with E-state index in [9.17, 15) is 0 Å². The lowest BCUT2D eigenvalue weighted by atomic mass is 10.1. The molecule has 1 aromatic heterocycles. The monoisotopic (exact) mass is 236 g/mol. The number of fused-ring (bicyclic) bond motifs is 1. The van der Waals surface area contributed by atoms with Crippen molar-refractivity contribution in [2.24, 2.45) is 0 Å². The number of thiophene rings is 1. The first-order valence-corrected chi connectivity index (χ1v) is 7.19. The molecule has 0 bridgehead atoms. The second kappa shape index (κ2) is 4.47. The largest absolute Gasteiger partial charge is 0.315 e. The summed E-state index contributed by atoms with van der Waals surface area (Å²) >= 11 is 1.97. The first kappa shape index (κ1) is 10.8. The van der Waals surface area contributed by atoms with E-state index < -0.39 is 0 Å². The average Bonchev–Trinajstić information content (AvgIpc) is 2.85. The Labute approximate surface area is 102 Å². The van der Waals surface area contributed by atoms with E-state index in [1.807, 2.05) is 11.3 Å². The van der Waals surface area contributed by atoms with E-state index >= 15 is 0 Å². The Hall–Kier alpha value is -0.380. The lowest BCUT2D eigenvalue weighted by Gasteiger charge is -2.29. The number of rotatable bonds is 1. The molecule has 2 saturated heterocycles. The van der Waals surface area contributed by atoms with Crippen molar-refractivity contribution in [1.29, 1.82) is 0 Å². The van der Waals surface area contributed by atoms with Gasteiger partial charge in [0.1, 0.15) is 0 Å². The molecule has 2 atom stereocenters. The van der Waals surface area contributed by atoms with Crippen molar-refractivity contribution >= 4 is 11.3 Å². The van der Waals surface area contributed by atoms with Gasteiger partial charge >= 0.3 is 0 Å².